The fourth-order valence-electron chi connectivity index (χ4n) is 2.89. The highest BCUT2D eigenvalue weighted by molar-refractivity contribution is 5.70. The normalized spacial score (nSPS) is 20.5. The van der Waals surface area contributed by atoms with Crippen molar-refractivity contribution in [1.82, 2.24) is 9.88 Å². The highest BCUT2D eigenvalue weighted by atomic mass is 16.6. The third-order valence-electron chi connectivity index (χ3n) is 4.07. The van der Waals surface area contributed by atoms with E-state index in [1.807, 2.05) is 50.1 Å². The van der Waals surface area contributed by atoms with Crippen LogP contribution in [0, 0.1) is 0 Å². The molecule has 2 aliphatic rings. The third-order valence-corrected chi connectivity index (χ3v) is 4.07. The number of hydrogen-bond acceptors (Lipinski definition) is 4. The monoisotopic (exact) mass is 289 g/mol. The minimum atomic E-state index is -0.439. The standard InChI is InChI=1S/C16H23N3O2/c1-15(2,3)21-14(20)19-11-10-18(12-16(19)7-8-16)13-6-4-5-9-17-13/h4-6,9H,7-8,10-12H2,1-3H3. The first kappa shape index (κ1) is 14.2. The first-order valence-electron chi connectivity index (χ1n) is 7.56. The Balaban J connectivity index is 1.71. The van der Waals surface area contributed by atoms with E-state index < -0.39 is 5.60 Å². The lowest BCUT2D eigenvalue weighted by Gasteiger charge is -2.42. The summed E-state index contributed by atoms with van der Waals surface area (Å²) in [6.45, 7) is 8.09. The van der Waals surface area contributed by atoms with Gasteiger partial charge in [-0.15, -0.1) is 0 Å². The van der Waals surface area contributed by atoms with Crippen LogP contribution in [-0.4, -0.2) is 46.8 Å². The van der Waals surface area contributed by atoms with Crippen molar-refractivity contribution in [2.75, 3.05) is 24.5 Å². The van der Waals surface area contributed by atoms with E-state index in [0.29, 0.717) is 6.54 Å². The summed E-state index contributed by atoms with van der Waals surface area (Å²) < 4.78 is 5.55. The first-order valence-corrected chi connectivity index (χ1v) is 7.56. The van der Waals surface area contributed by atoms with Crippen LogP contribution in [-0.2, 0) is 4.74 Å². The molecule has 1 aliphatic heterocycles. The van der Waals surface area contributed by atoms with Gasteiger partial charge in [0.1, 0.15) is 11.4 Å². The molecular weight excluding hydrogens is 266 g/mol. The van der Waals surface area contributed by atoms with Crippen LogP contribution < -0.4 is 4.90 Å². The molecule has 0 unspecified atom stereocenters. The average molecular weight is 289 g/mol. The maximum atomic E-state index is 12.4. The Kier molecular flexibility index (Phi) is 3.30. The van der Waals surface area contributed by atoms with E-state index in [-0.39, 0.29) is 11.6 Å². The van der Waals surface area contributed by atoms with Crippen molar-refractivity contribution in [1.29, 1.82) is 0 Å². The number of carbonyl (C=O) groups is 1. The van der Waals surface area contributed by atoms with Crippen LogP contribution in [0.2, 0.25) is 0 Å². The van der Waals surface area contributed by atoms with Crippen molar-refractivity contribution >= 4 is 11.9 Å². The summed E-state index contributed by atoms with van der Waals surface area (Å²) in [6, 6.07) is 5.95. The van der Waals surface area contributed by atoms with E-state index in [2.05, 4.69) is 9.88 Å². The zero-order valence-electron chi connectivity index (χ0n) is 13.0. The second kappa shape index (κ2) is 4.90. The highest BCUT2D eigenvalue weighted by Gasteiger charge is 2.54. The third kappa shape index (κ3) is 2.96. The number of nitrogens with zero attached hydrogens (tertiary/aromatic N) is 3. The molecule has 1 amide bonds. The molecular formula is C16H23N3O2. The van der Waals surface area contributed by atoms with Crippen LogP contribution in [0.1, 0.15) is 33.6 Å². The van der Waals surface area contributed by atoms with Crippen molar-refractivity contribution in [3.63, 3.8) is 0 Å². The summed E-state index contributed by atoms with van der Waals surface area (Å²) >= 11 is 0. The second-order valence-corrected chi connectivity index (χ2v) is 6.97. The van der Waals surface area contributed by atoms with Crippen LogP contribution in [0.4, 0.5) is 10.6 Å². The molecule has 1 aromatic heterocycles. The molecule has 0 N–H and O–H groups in total. The Bertz CT molecular complexity index is 520. The van der Waals surface area contributed by atoms with E-state index in [0.717, 1.165) is 31.7 Å². The van der Waals surface area contributed by atoms with Crippen LogP contribution in [0.5, 0.6) is 0 Å². The average Bonchev–Trinajstić information content (AvgIpc) is 3.17. The van der Waals surface area contributed by atoms with E-state index >= 15 is 0 Å². The molecule has 1 saturated carbocycles. The molecule has 5 heteroatoms. The van der Waals surface area contributed by atoms with Crippen LogP contribution in [0.15, 0.2) is 24.4 Å². The van der Waals surface area contributed by atoms with Gasteiger partial charge >= 0.3 is 6.09 Å². The molecule has 1 aromatic rings. The largest absolute Gasteiger partial charge is 0.444 e. The Morgan fingerprint density at radius 3 is 2.62 bits per heavy atom. The number of rotatable bonds is 1. The lowest BCUT2D eigenvalue weighted by atomic mass is 10.1. The summed E-state index contributed by atoms with van der Waals surface area (Å²) in [4.78, 5) is 21.0. The van der Waals surface area contributed by atoms with E-state index in [1.54, 1.807) is 0 Å². The van der Waals surface area contributed by atoms with Gasteiger partial charge in [0.15, 0.2) is 0 Å². The van der Waals surface area contributed by atoms with Crippen LogP contribution in [0.3, 0.4) is 0 Å². The number of amides is 1. The smallest absolute Gasteiger partial charge is 0.410 e. The molecule has 2 fully saturated rings. The molecule has 5 nitrogen and oxygen atoms in total. The molecule has 21 heavy (non-hydrogen) atoms. The molecule has 0 bridgehead atoms. The number of ether oxygens (including phenoxy) is 1. The van der Waals surface area contributed by atoms with Gasteiger partial charge in [-0.3, -0.25) is 4.90 Å². The summed E-state index contributed by atoms with van der Waals surface area (Å²) in [5, 5.41) is 0. The Morgan fingerprint density at radius 1 is 1.29 bits per heavy atom. The number of hydrogen-bond donors (Lipinski definition) is 0. The maximum absolute atomic E-state index is 12.4. The predicted molar refractivity (Wildman–Crippen MR) is 81.4 cm³/mol. The maximum Gasteiger partial charge on any atom is 0.410 e. The first-order chi connectivity index (χ1) is 9.90. The van der Waals surface area contributed by atoms with Gasteiger partial charge < -0.3 is 9.64 Å². The lowest BCUT2D eigenvalue weighted by Crippen LogP contribution is -2.58. The second-order valence-electron chi connectivity index (χ2n) is 6.97. The van der Waals surface area contributed by atoms with E-state index in [9.17, 15) is 4.79 Å². The fourth-order valence-corrected chi connectivity index (χ4v) is 2.89. The van der Waals surface area contributed by atoms with E-state index in [4.69, 9.17) is 4.74 Å². The van der Waals surface area contributed by atoms with Crippen molar-refractivity contribution in [3.05, 3.63) is 24.4 Å². The van der Waals surface area contributed by atoms with Gasteiger partial charge in [0, 0.05) is 25.8 Å². The minimum absolute atomic E-state index is 0.0435. The zero-order valence-corrected chi connectivity index (χ0v) is 13.0. The van der Waals surface area contributed by atoms with Crippen molar-refractivity contribution in [3.8, 4) is 0 Å². The summed E-state index contributed by atoms with van der Waals surface area (Å²) in [6.07, 6.45) is 3.74. The van der Waals surface area contributed by atoms with Gasteiger partial charge in [-0.1, -0.05) is 6.07 Å². The topological polar surface area (TPSA) is 45.7 Å². The van der Waals surface area contributed by atoms with Gasteiger partial charge in [0.05, 0.1) is 5.54 Å². The molecule has 114 valence electrons. The number of piperazine rings is 1. The number of anilines is 1. The van der Waals surface area contributed by atoms with Crippen LogP contribution in [0.25, 0.3) is 0 Å². The van der Waals surface area contributed by atoms with Gasteiger partial charge in [-0.25, -0.2) is 9.78 Å². The molecule has 1 saturated heterocycles. The predicted octanol–water partition coefficient (Wildman–Crippen LogP) is 2.67. The van der Waals surface area contributed by atoms with Gasteiger partial charge in [0.2, 0.25) is 0 Å². The molecule has 2 heterocycles. The Hall–Kier alpha value is -1.78. The lowest BCUT2D eigenvalue weighted by molar-refractivity contribution is 0.0106. The van der Waals surface area contributed by atoms with Gasteiger partial charge in [0.25, 0.3) is 0 Å². The molecule has 3 rings (SSSR count). The van der Waals surface area contributed by atoms with Crippen molar-refractivity contribution < 1.29 is 9.53 Å². The van der Waals surface area contributed by atoms with E-state index in [1.165, 1.54) is 0 Å². The van der Waals surface area contributed by atoms with Crippen LogP contribution >= 0.6 is 0 Å². The molecule has 0 atom stereocenters. The minimum Gasteiger partial charge on any atom is -0.444 e. The molecule has 0 radical (unpaired) electrons. The molecule has 0 aromatic carbocycles. The number of pyridine rings is 1. The summed E-state index contributed by atoms with van der Waals surface area (Å²) in [5.74, 6) is 0.993. The van der Waals surface area contributed by atoms with Gasteiger partial charge in [-0.2, -0.15) is 0 Å². The molecule has 1 spiro atoms. The zero-order chi connectivity index (χ0) is 15.1. The van der Waals surface area contributed by atoms with Crippen molar-refractivity contribution in [2.24, 2.45) is 0 Å². The number of carbonyl (C=O) groups excluding carboxylic acids is 1. The fraction of sp³-hybridized carbons (Fsp3) is 0.625. The quantitative estimate of drug-likeness (QED) is 0.797. The number of aromatic nitrogens is 1. The SMILES string of the molecule is CC(C)(C)OC(=O)N1CCN(c2ccccn2)CC12CC2. The summed E-state index contributed by atoms with van der Waals surface area (Å²) in [7, 11) is 0. The highest BCUT2D eigenvalue weighted by Crippen LogP contribution is 2.45. The Labute approximate surface area is 125 Å². The molecule has 1 aliphatic carbocycles. The Morgan fingerprint density at radius 2 is 2.05 bits per heavy atom. The van der Waals surface area contributed by atoms with Crippen molar-refractivity contribution in [2.45, 2.75) is 44.8 Å². The van der Waals surface area contributed by atoms with Gasteiger partial charge in [-0.05, 0) is 45.7 Å². The summed E-state index contributed by atoms with van der Waals surface area (Å²) in [5.41, 5.74) is -0.483.